The van der Waals surface area contributed by atoms with E-state index in [1.807, 2.05) is 37.3 Å². The fourth-order valence-corrected chi connectivity index (χ4v) is 2.78. The zero-order valence-corrected chi connectivity index (χ0v) is 11.7. The first kappa shape index (κ1) is 12.9. The molecule has 20 heavy (non-hydrogen) atoms. The Morgan fingerprint density at radius 2 is 1.90 bits per heavy atom. The van der Waals surface area contributed by atoms with Gasteiger partial charge in [-0.05, 0) is 30.5 Å². The van der Waals surface area contributed by atoms with E-state index in [9.17, 15) is 4.79 Å². The van der Waals surface area contributed by atoms with Crippen LogP contribution in [0.2, 0.25) is 0 Å². The molecule has 0 spiro atoms. The maximum absolute atomic E-state index is 12.3. The molecule has 2 aromatic carbocycles. The summed E-state index contributed by atoms with van der Waals surface area (Å²) in [5.41, 5.74) is 4.16. The fourth-order valence-electron chi connectivity index (χ4n) is 2.78. The normalized spacial score (nSPS) is 17.4. The van der Waals surface area contributed by atoms with E-state index < -0.39 is 0 Å². The molecule has 3 nitrogen and oxygen atoms in total. The van der Waals surface area contributed by atoms with Crippen LogP contribution < -0.4 is 0 Å². The summed E-state index contributed by atoms with van der Waals surface area (Å²) >= 11 is 0. The SMILES string of the molecule is CON1C(=O)c2ccc(C)cc2C1Cc1ccccc1. The third-order valence-electron chi connectivity index (χ3n) is 3.75. The summed E-state index contributed by atoms with van der Waals surface area (Å²) in [6.07, 6.45) is 0.761. The van der Waals surface area contributed by atoms with Gasteiger partial charge in [0.05, 0.1) is 13.2 Å². The van der Waals surface area contributed by atoms with E-state index in [2.05, 4.69) is 18.2 Å². The summed E-state index contributed by atoms with van der Waals surface area (Å²) in [5, 5.41) is 1.48. The number of benzene rings is 2. The van der Waals surface area contributed by atoms with Crippen LogP contribution in [0.25, 0.3) is 0 Å². The third kappa shape index (κ3) is 2.10. The van der Waals surface area contributed by atoms with Crippen molar-refractivity contribution in [3.8, 4) is 0 Å². The Bertz CT molecular complexity index is 637. The van der Waals surface area contributed by atoms with Crippen LogP contribution in [0.4, 0.5) is 0 Å². The first-order chi connectivity index (χ1) is 9.70. The minimum absolute atomic E-state index is 0.0511. The lowest BCUT2D eigenvalue weighted by Crippen LogP contribution is -2.28. The summed E-state index contributed by atoms with van der Waals surface area (Å²) in [7, 11) is 1.55. The Morgan fingerprint density at radius 3 is 2.60 bits per heavy atom. The van der Waals surface area contributed by atoms with Crippen molar-refractivity contribution in [2.24, 2.45) is 0 Å². The molecule has 1 aliphatic rings. The number of hydrogen-bond acceptors (Lipinski definition) is 2. The van der Waals surface area contributed by atoms with Crippen molar-refractivity contribution in [1.82, 2.24) is 5.06 Å². The Morgan fingerprint density at radius 1 is 1.15 bits per heavy atom. The average Bonchev–Trinajstić information content (AvgIpc) is 2.72. The lowest BCUT2D eigenvalue weighted by Gasteiger charge is -2.22. The highest BCUT2D eigenvalue weighted by molar-refractivity contribution is 5.98. The van der Waals surface area contributed by atoms with Crippen molar-refractivity contribution >= 4 is 5.91 Å². The summed E-state index contributed by atoms with van der Waals surface area (Å²) in [6.45, 7) is 2.04. The van der Waals surface area contributed by atoms with Crippen molar-refractivity contribution < 1.29 is 9.63 Å². The van der Waals surface area contributed by atoms with Crippen LogP contribution in [-0.2, 0) is 11.3 Å². The van der Waals surface area contributed by atoms with Crippen LogP contribution in [0, 0.1) is 6.92 Å². The van der Waals surface area contributed by atoms with Crippen LogP contribution in [0.5, 0.6) is 0 Å². The number of hydrogen-bond donors (Lipinski definition) is 0. The van der Waals surface area contributed by atoms with Gasteiger partial charge in [0.2, 0.25) is 0 Å². The summed E-state index contributed by atoms with van der Waals surface area (Å²) < 4.78 is 0. The van der Waals surface area contributed by atoms with Gasteiger partial charge in [-0.1, -0.05) is 48.0 Å². The van der Waals surface area contributed by atoms with Gasteiger partial charge in [-0.25, -0.2) is 5.06 Å². The average molecular weight is 267 g/mol. The quantitative estimate of drug-likeness (QED) is 0.854. The number of fused-ring (bicyclic) bond motifs is 1. The topological polar surface area (TPSA) is 29.5 Å². The summed E-state index contributed by atoms with van der Waals surface area (Å²) in [4.78, 5) is 17.7. The van der Waals surface area contributed by atoms with Crippen molar-refractivity contribution in [3.05, 3.63) is 70.8 Å². The monoisotopic (exact) mass is 267 g/mol. The lowest BCUT2D eigenvalue weighted by molar-refractivity contribution is -0.118. The Balaban J connectivity index is 2.00. The molecule has 1 atom stereocenters. The van der Waals surface area contributed by atoms with Gasteiger partial charge in [0.15, 0.2) is 0 Å². The van der Waals surface area contributed by atoms with Gasteiger partial charge in [-0.3, -0.25) is 9.63 Å². The zero-order valence-electron chi connectivity index (χ0n) is 11.7. The van der Waals surface area contributed by atoms with E-state index in [1.165, 1.54) is 10.6 Å². The fraction of sp³-hybridized carbons (Fsp3) is 0.235. The number of nitrogens with zero attached hydrogens (tertiary/aromatic N) is 1. The maximum Gasteiger partial charge on any atom is 0.278 e. The molecule has 102 valence electrons. The number of amides is 1. The Labute approximate surface area is 118 Å². The second-order valence-electron chi connectivity index (χ2n) is 5.11. The van der Waals surface area contributed by atoms with E-state index in [-0.39, 0.29) is 11.9 Å². The van der Waals surface area contributed by atoms with Gasteiger partial charge < -0.3 is 0 Å². The number of aryl methyl sites for hydroxylation is 1. The van der Waals surface area contributed by atoms with E-state index in [0.717, 1.165) is 23.1 Å². The van der Waals surface area contributed by atoms with Crippen molar-refractivity contribution in [2.75, 3.05) is 7.11 Å². The van der Waals surface area contributed by atoms with Crippen LogP contribution in [0.1, 0.15) is 33.1 Å². The van der Waals surface area contributed by atoms with Crippen LogP contribution >= 0.6 is 0 Å². The molecular formula is C17H17NO2. The molecule has 0 radical (unpaired) electrons. The van der Waals surface area contributed by atoms with E-state index >= 15 is 0 Å². The lowest BCUT2D eigenvalue weighted by atomic mass is 9.97. The van der Waals surface area contributed by atoms with Crippen molar-refractivity contribution in [3.63, 3.8) is 0 Å². The highest BCUT2D eigenvalue weighted by Crippen LogP contribution is 2.36. The molecule has 0 N–H and O–H groups in total. The maximum atomic E-state index is 12.3. The number of hydroxylamine groups is 2. The minimum atomic E-state index is -0.0524. The Hall–Kier alpha value is -2.13. The number of carbonyl (C=O) groups is 1. The highest BCUT2D eigenvalue weighted by atomic mass is 16.7. The predicted octanol–water partition coefficient (Wildman–Crippen LogP) is 3.30. The molecule has 0 aliphatic carbocycles. The highest BCUT2D eigenvalue weighted by Gasteiger charge is 2.37. The van der Waals surface area contributed by atoms with Gasteiger partial charge in [0.1, 0.15) is 0 Å². The van der Waals surface area contributed by atoms with Crippen molar-refractivity contribution in [2.45, 2.75) is 19.4 Å². The van der Waals surface area contributed by atoms with Crippen LogP contribution in [0.3, 0.4) is 0 Å². The van der Waals surface area contributed by atoms with E-state index in [0.29, 0.717) is 0 Å². The minimum Gasteiger partial charge on any atom is -0.273 e. The first-order valence-corrected chi connectivity index (χ1v) is 6.73. The largest absolute Gasteiger partial charge is 0.278 e. The predicted molar refractivity (Wildman–Crippen MR) is 77.2 cm³/mol. The first-order valence-electron chi connectivity index (χ1n) is 6.73. The Kier molecular flexibility index (Phi) is 3.28. The molecule has 3 heteroatoms. The van der Waals surface area contributed by atoms with Gasteiger partial charge in [0.25, 0.3) is 5.91 Å². The molecule has 1 amide bonds. The molecular weight excluding hydrogens is 250 g/mol. The van der Waals surface area contributed by atoms with Gasteiger partial charge in [0, 0.05) is 5.56 Å². The second kappa shape index (κ2) is 5.10. The van der Waals surface area contributed by atoms with Crippen LogP contribution in [0.15, 0.2) is 48.5 Å². The van der Waals surface area contributed by atoms with Gasteiger partial charge in [-0.15, -0.1) is 0 Å². The molecule has 0 bridgehead atoms. The van der Waals surface area contributed by atoms with E-state index in [1.54, 1.807) is 7.11 Å². The third-order valence-corrected chi connectivity index (χ3v) is 3.75. The zero-order chi connectivity index (χ0) is 14.1. The molecule has 0 aromatic heterocycles. The summed E-state index contributed by atoms with van der Waals surface area (Å²) in [5.74, 6) is -0.0524. The molecule has 1 aliphatic heterocycles. The molecule has 3 rings (SSSR count). The van der Waals surface area contributed by atoms with Gasteiger partial charge in [-0.2, -0.15) is 0 Å². The molecule has 2 aromatic rings. The molecule has 0 saturated carbocycles. The number of rotatable bonds is 3. The van der Waals surface area contributed by atoms with Crippen molar-refractivity contribution in [1.29, 1.82) is 0 Å². The van der Waals surface area contributed by atoms with Crippen LogP contribution in [-0.4, -0.2) is 18.1 Å². The molecule has 0 saturated heterocycles. The molecule has 1 heterocycles. The molecule has 0 fully saturated rings. The molecule has 1 unspecified atom stereocenters. The summed E-state index contributed by atoms with van der Waals surface area (Å²) in [6, 6.07) is 16.1. The standard InChI is InChI=1S/C17H17NO2/c1-12-8-9-14-15(10-12)16(18(20-2)17(14)19)11-13-6-4-3-5-7-13/h3-10,16H,11H2,1-2H3. The van der Waals surface area contributed by atoms with Gasteiger partial charge >= 0.3 is 0 Å². The second-order valence-corrected chi connectivity index (χ2v) is 5.11. The smallest absolute Gasteiger partial charge is 0.273 e. The van der Waals surface area contributed by atoms with E-state index in [4.69, 9.17) is 4.84 Å². The number of carbonyl (C=O) groups excluding carboxylic acids is 1.